The Morgan fingerprint density at radius 3 is 2.70 bits per heavy atom. The topological polar surface area (TPSA) is 85.0 Å². The number of carbonyl (C=O) groups excluding carboxylic acids is 1. The highest BCUT2D eigenvalue weighted by molar-refractivity contribution is 5.96. The first kappa shape index (κ1) is 17.3. The molecule has 0 spiro atoms. The SMILES string of the molecule is Cc1ncc(-c2ccncc2)c(C2CCCN2C(=O)c2c(C)noc2C)n1. The molecule has 0 saturated carbocycles. The van der Waals surface area contributed by atoms with Crippen LogP contribution in [0.3, 0.4) is 0 Å². The second kappa shape index (κ2) is 6.90. The fraction of sp³-hybridized carbons (Fsp3) is 0.350. The van der Waals surface area contributed by atoms with E-state index in [4.69, 9.17) is 9.51 Å². The molecule has 3 aromatic rings. The fourth-order valence-electron chi connectivity index (χ4n) is 3.72. The van der Waals surface area contributed by atoms with Gasteiger partial charge in [0.1, 0.15) is 17.1 Å². The van der Waals surface area contributed by atoms with E-state index in [0.717, 1.165) is 29.7 Å². The summed E-state index contributed by atoms with van der Waals surface area (Å²) in [6, 6.07) is 3.77. The monoisotopic (exact) mass is 363 g/mol. The first-order chi connectivity index (χ1) is 13.1. The predicted molar refractivity (Wildman–Crippen MR) is 99.0 cm³/mol. The van der Waals surface area contributed by atoms with Gasteiger partial charge in [-0.25, -0.2) is 9.97 Å². The molecule has 1 aliphatic rings. The summed E-state index contributed by atoms with van der Waals surface area (Å²) in [4.78, 5) is 28.3. The van der Waals surface area contributed by atoms with E-state index in [1.165, 1.54) is 0 Å². The molecule has 4 rings (SSSR count). The summed E-state index contributed by atoms with van der Waals surface area (Å²) in [5, 5.41) is 3.93. The molecule has 1 fully saturated rings. The van der Waals surface area contributed by atoms with E-state index in [1.54, 1.807) is 26.2 Å². The van der Waals surface area contributed by atoms with Crippen LogP contribution in [0.2, 0.25) is 0 Å². The molecule has 138 valence electrons. The maximum atomic E-state index is 13.2. The predicted octanol–water partition coefficient (Wildman–Crippen LogP) is 3.43. The molecule has 1 saturated heterocycles. The third-order valence-corrected chi connectivity index (χ3v) is 5.01. The molecule has 1 unspecified atom stereocenters. The van der Waals surface area contributed by atoms with Crippen molar-refractivity contribution >= 4 is 5.91 Å². The quantitative estimate of drug-likeness (QED) is 0.709. The standard InChI is InChI=1S/C20H21N5O2/c1-12-18(13(2)27-24-12)20(26)25-10-4-5-17(25)19-16(11-22-14(3)23-19)15-6-8-21-9-7-15/h6-9,11,17H,4-5,10H2,1-3H3. The van der Waals surface area contributed by atoms with Crippen LogP contribution in [0.25, 0.3) is 11.1 Å². The van der Waals surface area contributed by atoms with Crippen LogP contribution in [0.15, 0.2) is 35.2 Å². The lowest BCUT2D eigenvalue weighted by atomic mass is 10.00. The van der Waals surface area contributed by atoms with Gasteiger partial charge in [0.25, 0.3) is 5.91 Å². The second-order valence-corrected chi connectivity index (χ2v) is 6.81. The van der Waals surface area contributed by atoms with Crippen molar-refractivity contribution in [2.45, 2.75) is 39.7 Å². The summed E-state index contributed by atoms with van der Waals surface area (Å²) in [6.07, 6.45) is 7.13. The van der Waals surface area contributed by atoms with E-state index in [2.05, 4.69) is 15.1 Å². The van der Waals surface area contributed by atoms with Gasteiger partial charge in [0, 0.05) is 30.7 Å². The van der Waals surface area contributed by atoms with Gasteiger partial charge in [0.05, 0.1) is 17.4 Å². The average Bonchev–Trinajstić information content (AvgIpc) is 3.29. The molecule has 0 bridgehead atoms. The zero-order chi connectivity index (χ0) is 19.0. The number of hydrogen-bond acceptors (Lipinski definition) is 6. The van der Waals surface area contributed by atoms with Gasteiger partial charge < -0.3 is 9.42 Å². The Morgan fingerprint density at radius 1 is 1.22 bits per heavy atom. The minimum atomic E-state index is -0.101. The minimum absolute atomic E-state index is 0.0503. The molecule has 4 heterocycles. The highest BCUT2D eigenvalue weighted by Crippen LogP contribution is 2.37. The van der Waals surface area contributed by atoms with Crippen molar-refractivity contribution in [1.29, 1.82) is 0 Å². The second-order valence-electron chi connectivity index (χ2n) is 6.81. The van der Waals surface area contributed by atoms with E-state index in [1.807, 2.05) is 30.2 Å². The third kappa shape index (κ3) is 3.09. The number of carbonyl (C=O) groups is 1. The van der Waals surface area contributed by atoms with E-state index >= 15 is 0 Å². The van der Waals surface area contributed by atoms with Crippen molar-refractivity contribution in [2.75, 3.05) is 6.54 Å². The Balaban J connectivity index is 1.77. The number of aromatic nitrogens is 4. The normalized spacial score (nSPS) is 16.7. The van der Waals surface area contributed by atoms with Crippen LogP contribution in [0.4, 0.5) is 0 Å². The number of rotatable bonds is 3. The zero-order valence-electron chi connectivity index (χ0n) is 15.6. The lowest BCUT2D eigenvalue weighted by Crippen LogP contribution is -2.32. The van der Waals surface area contributed by atoms with E-state index in [9.17, 15) is 4.79 Å². The molecule has 1 amide bonds. The Kier molecular flexibility index (Phi) is 4.43. The van der Waals surface area contributed by atoms with E-state index < -0.39 is 0 Å². The van der Waals surface area contributed by atoms with Crippen LogP contribution in [-0.2, 0) is 0 Å². The molecule has 1 aliphatic heterocycles. The molecule has 0 aromatic carbocycles. The molecule has 7 nitrogen and oxygen atoms in total. The molecule has 0 N–H and O–H groups in total. The van der Waals surface area contributed by atoms with Crippen LogP contribution < -0.4 is 0 Å². The van der Waals surface area contributed by atoms with Crippen molar-refractivity contribution in [3.63, 3.8) is 0 Å². The first-order valence-corrected chi connectivity index (χ1v) is 9.04. The number of hydrogen-bond donors (Lipinski definition) is 0. The number of likely N-dealkylation sites (tertiary alicyclic amines) is 1. The summed E-state index contributed by atoms with van der Waals surface area (Å²) in [5.74, 6) is 1.20. The Bertz CT molecular complexity index is 964. The summed E-state index contributed by atoms with van der Waals surface area (Å²) in [5.41, 5.74) is 3.99. The summed E-state index contributed by atoms with van der Waals surface area (Å²) < 4.78 is 5.20. The lowest BCUT2D eigenvalue weighted by Gasteiger charge is -2.26. The smallest absolute Gasteiger partial charge is 0.259 e. The molecule has 3 aromatic heterocycles. The molecule has 7 heteroatoms. The largest absolute Gasteiger partial charge is 0.361 e. The maximum Gasteiger partial charge on any atom is 0.259 e. The van der Waals surface area contributed by atoms with Crippen molar-refractivity contribution in [2.24, 2.45) is 0 Å². The maximum absolute atomic E-state index is 13.2. The Labute approximate surface area is 157 Å². The Hall–Kier alpha value is -3.09. The van der Waals surface area contributed by atoms with Crippen LogP contribution in [0.5, 0.6) is 0 Å². The number of nitrogens with zero attached hydrogens (tertiary/aromatic N) is 5. The summed E-state index contributed by atoms with van der Waals surface area (Å²) in [6.45, 7) is 6.13. The zero-order valence-corrected chi connectivity index (χ0v) is 15.6. The molecule has 27 heavy (non-hydrogen) atoms. The Morgan fingerprint density at radius 2 is 2.00 bits per heavy atom. The van der Waals surface area contributed by atoms with Gasteiger partial charge in [0.15, 0.2) is 0 Å². The number of aryl methyl sites for hydroxylation is 3. The van der Waals surface area contributed by atoms with Gasteiger partial charge in [-0.2, -0.15) is 0 Å². The van der Waals surface area contributed by atoms with Gasteiger partial charge in [0.2, 0.25) is 0 Å². The highest BCUT2D eigenvalue weighted by Gasteiger charge is 2.35. The van der Waals surface area contributed by atoms with Gasteiger partial charge in [-0.3, -0.25) is 9.78 Å². The summed E-state index contributed by atoms with van der Waals surface area (Å²) in [7, 11) is 0. The van der Waals surface area contributed by atoms with Crippen molar-refractivity contribution in [3.05, 3.63) is 59.3 Å². The average molecular weight is 363 g/mol. The molecule has 0 radical (unpaired) electrons. The minimum Gasteiger partial charge on any atom is -0.361 e. The number of amides is 1. The van der Waals surface area contributed by atoms with Crippen LogP contribution in [-0.4, -0.2) is 37.5 Å². The van der Waals surface area contributed by atoms with Crippen molar-refractivity contribution in [1.82, 2.24) is 25.0 Å². The molecular formula is C20H21N5O2. The van der Waals surface area contributed by atoms with Crippen LogP contribution >= 0.6 is 0 Å². The molecule has 1 atom stereocenters. The summed E-state index contributed by atoms with van der Waals surface area (Å²) >= 11 is 0. The fourth-order valence-corrected chi connectivity index (χ4v) is 3.72. The molecular weight excluding hydrogens is 342 g/mol. The van der Waals surface area contributed by atoms with Gasteiger partial charge in [-0.1, -0.05) is 5.16 Å². The highest BCUT2D eigenvalue weighted by atomic mass is 16.5. The van der Waals surface area contributed by atoms with Crippen molar-refractivity contribution in [3.8, 4) is 11.1 Å². The van der Waals surface area contributed by atoms with Gasteiger partial charge in [-0.05, 0) is 51.3 Å². The first-order valence-electron chi connectivity index (χ1n) is 9.04. The van der Waals surface area contributed by atoms with E-state index in [-0.39, 0.29) is 11.9 Å². The van der Waals surface area contributed by atoms with Crippen LogP contribution in [0, 0.1) is 20.8 Å². The number of pyridine rings is 1. The van der Waals surface area contributed by atoms with E-state index in [0.29, 0.717) is 29.4 Å². The van der Waals surface area contributed by atoms with Crippen molar-refractivity contribution < 1.29 is 9.32 Å². The molecule has 0 aliphatic carbocycles. The third-order valence-electron chi connectivity index (χ3n) is 5.01. The van der Waals surface area contributed by atoms with Gasteiger partial charge >= 0.3 is 0 Å². The van der Waals surface area contributed by atoms with Gasteiger partial charge in [-0.15, -0.1) is 0 Å². The van der Waals surface area contributed by atoms with Crippen LogP contribution in [0.1, 0.15) is 52.2 Å². The lowest BCUT2D eigenvalue weighted by molar-refractivity contribution is 0.0730.